The van der Waals surface area contributed by atoms with E-state index >= 15 is 0 Å². The summed E-state index contributed by atoms with van der Waals surface area (Å²) in [5.74, 6) is -0.214. The Kier molecular flexibility index (Phi) is 3.68. The second-order valence-electron chi connectivity index (χ2n) is 4.48. The number of rotatable bonds is 2. The lowest BCUT2D eigenvalue weighted by atomic mass is 10.1. The number of nitrogens with zero attached hydrogens (tertiary/aromatic N) is 1. The normalized spacial score (nSPS) is 10.8. The summed E-state index contributed by atoms with van der Waals surface area (Å²) in [5.41, 5.74) is 3.88. The van der Waals surface area contributed by atoms with Crippen molar-refractivity contribution in [1.82, 2.24) is 4.98 Å². The zero-order valence-electron chi connectivity index (χ0n) is 10.7. The Morgan fingerprint density at radius 2 is 1.90 bits per heavy atom. The maximum absolute atomic E-state index is 13.2. The lowest BCUT2D eigenvalue weighted by Crippen LogP contribution is -1.85. The first-order chi connectivity index (χ1) is 9.65. The van der Waals surface area contributed by atoms with Crippen LogP contribution in [0.15, 0.2) is 52.3 Å². The summed E-state index contributed by atoms with van der Waals surface area (Å²) in [6, 6.07) is 12.8. The smallest absolute Gasteiger partial charge is 0.124 e. The molecule has 0 saturated carbocycles. The molecule has 0 bridgehead atoms. The second kappa shape index (κ2) is 5.46. The van der Waals surface area contributed by atoms with Crippen LogP contribution in [0, 0.1) is 12.7 Å². The van der Waals surface area contributed by atoms with Gasteiger partial charge in [-0.25, -0.2) is 9.37 Å². The fourth-order valence-corrected chi connectivity index (χ4v) is 3.46. The van der Waals surface area contributed by atoms with Gasteiger partial charge in [0.25, 0.3) is 0 Å². The van der Waals surface area contributed by atoms with Crippen molar-refractivity contribution >= 4 is 27.3 Å². The number of hydrogen-bond donors (Lipinski definition) is 0. The van der Waals surface area contributed by atoms with Crippen LogP contribution >= 0.6 is 27.3 Å². The van der Waals surface area contributed by atoms with Gasteiger partial charge in [-0.05, 0) is 36.8 Å². The van der Waals surface area contributed by atoms with E-state index < -0.39 is 0 Å². The minimum absolute atomic E-state index is 0.214. The summed E-state index contributed by atoms with van der Waals surface area (Å²) in [7, 11) is 0. The molecule has 1 nitrogen and oxygen atoms in total. The molecule has 0 aliphatic heterocycles. The van der Waals surface area contributed by atoms with Crippen LogP contribution in [0.3, 0.4) is 0 Å². The molecule has 0 amide bonds. The Morgan fingerprint density at radius 1 is 1.10 bits per heavy atom. The SMILES string of the molecule is Cc1cc(F)ccc1-c1nc(-c2ccccc2Br)cs1. The number of hydrogen-bond acceptors (Lipinski definition) is 2. The molecule has 3 rings (SSSR count). The molecule has 0 saturated heterocycles. The molecule has 0 spiro atoms. The maximum Gasteiger partial charge on any atom is 0.124 e. The van der Waals surface area contributed by atoms with E-state index in [1.54, 1.807) is 17.4 Å². The van der Waals surface area contributed by atoms with Crippen molar-refractivity contribution in [3.8, 4) is 21.8 Å². The minimum atomic E-state index is -0.214. The third-order valence-corrected chi connectivity index (χ3v) is 4.64. The summed E-state index contributed by atoms with van der Waals surface area (Å²) in [6.07, 6.45) is 0. The third kappa shape index (κ3) is 2.53. The highest BCUT2D eigenvalue weighted by atomic mass is 79.9. The van der Waals surface area contributed by atoms with Gasteiger partial charge in [-0.3, -0.25) is 0 Å². The quantitative estimate of drug-likeness (QED) is 0.580. The molecule has 1 aromatic heterocycles. The number of aryl methyl sites for hydroxylation is 1. The fraction of sp³-hybridized carbons (Fsp3) is 0.0625. The van der Waals surface area contributed by atoms with Crippen molar-refractivity contribution in [3.63, 3.8) is 0 Å². The second-order valence-corrected chi connectivity index (χ2v) is 6.19. The van der Waals surface area contributed by atoms with Gasteiger partial charge in [-0.15, -0.1) is 11.3 Å². The van der Waals surface area contributed by atoms with Crippen LogP contribution in [-0.2, 0) is 0 Å². The monoisotopic (exact) mass is 347 g/mol. The van der Waals surface area contributed by atoms with E-state index in [1.807, 2.05) is 36.6 Å². The van der Waals surface area contributed by atoms with Gasteiger partial charge in [0.1, 0.15) is 10.8 Å². The first-order valence-electron chi connectivity index (χ1n) is 6.12. The zero-order valence-corrected chi connectivity index (χ0v) is 13.1. The van der Waals surface area contributed by atoms with Gasteiger partial charge in [0.2, 0.25) is 0 Å². The summed E-state index contributed by atoms with van der Waals surface area (Å²) in [4.78, 5) is 4.67. The van der Waals surface area contributed by atoms with Crippen LogP contribution in [-0.4, -0.2) is 4.98 Å². The van der Waals surface area contributed by atoms with E-state index in [-0.39, 0.29) is 5.82 Å². The van der Waals surface area contributed by atoms with Gasteiger partial charge in [0.05, 0.1) is 5.69 Å². The van der Waals surface area contributed by atoms with Gasteiger partial charge in [0.15, 0.2) is 0 Å². The maximum atomic E-state index is 13.2. The summed E-state index contributed by atoms with van der Waals surface area (Å²) in [6.45, 7) is 1.90. The van der Waals surface area contributed by atoms with Gasteiger partial charge in [-0.2, -0.15) is 0 Å². The van der Waals surface area contributed by atoms with Crippen LogP contribution in [0.4, 0.5) is 4.39 Å². The van der Waals surface area contributed by atoms with Crippen molar-refractivity contribution in [2.45, 2.75) is 6.92 Å². The molecular formula is C16H11BrFNS. The van der Waals surface area contributed by atoms with Gasteiger partial charge in [-0.1, -0.05) is 34.1 Å². The molecule has 0 N–H and O–H groups in total. The highest BCUT2D eigenvalue weighted by Gasteiger charge is 2.11. The standard InChI is InChI=1S/C16H11BrFNS/c1-10-8-11(18)6-7-12(10)16-19-15(9-20-16)13-4-2-3-5-14(13)17/h2-9H,1H3. The van der Waals surface area contributed by atoms with Crippen LogP contribution in [0.1, 0.15) is 5.56 Å². The molecule has 100 valence electrons. The molecular weight excluding hydrogens is 337 g/mol. The number of thiazole rings is 1. The molecule has 2 aromatic carbocycles. The van der Waals surface area contributed by atoms with Crippen LogP contribution < -0.4 is 0 Å². The molecule has 0 unspecified atom stereocenters. The first-order valence-corrected chi connectivity index (χ1v) is 7.79. The first kappa shape index (κ1) is 13.5. The van der Waals surface area contributed by atoms with Crippen molar-refractivity contribution in [1.29, 1.82) is 0 Å². The van der Waals surface area contributed by atoms with Crippen molar-refractivity contribution in [2.75, 3.05) is 0 Å². The molecule has 0 aliphatic rings. The van der Waals surface area contributed by atoms with Crippen molar-refractivity contribution in [2.24, 2.45) is 0 Å². The summed E-state index contributed by atoms with van der Waals surface area (Å²) >= 11 is 5.11. The number of halogens is 2. The number of benzene rings is 2. The van der Waals surface area contributed by atoms with Crippen molar-refractivity contribution in [3.05, 3.63) is 63.7 Å². The Bertz CT molecular complexity index is 767. The Hall–Kier alpha value is -1.52. The number of aromatic nitrogens is 1. The van der Waals surface area contributed by atoms with E-state index in [0.717, 1.165) is 31.9 Å². The summed E-state index contributed by atoms with van der Waals surface area (Å²) in [5, 5.41) is 2.94. The Labute approximate surface area is 129 Å². The summed E-state index contributed by atoms with van der Waals surface area (Å²) < 4.78 is 14.2. The topological polar surface area (TPSA) is 12.9 Å². The van der Waals surface area contributed by atoms with Crippen LogP contribution in [0.2, 0.25) is 0 Å². The molecule has 3 aromatic rings. The highest BCUT2D eigenvalue weighted by Crippen LogP contribution is 2.33. The zero-order chi connectivity index (χ0) is 14.1. The van der Waals surface area contributed by atoms with Gasteiger partial charge < -0.3 is 0 Å². The Morgan fingerprint density at radius 3 is 2.65 bits per heavy atom. The van der Waals surface area contributed by atoms with Gasteiger partial charge in [0, 0.05) is 21.0 Å². The van der Waals surface area contributed by atoms with E-state index in [9.17, 15) is 4.39 Å². The van der Waals surface area contributed by atoms with Gasteiger partial charge >= 0.3 is 0 Å². The molecule has 0 atom stereocenters. The highest BCUT2D eigenvalue weighted by molar-refractivity contribution is 9.10. The average molecular weight is 348 g/mol. The minimum Gasteiger partial charge on any atom is -0.236 e. The van der Waals surface area contributed by atoms with E-state index in [1.165, 1.54) is 12.1 Å². The molecule has 0 aliphatic carbocycles. The van der Waals surface area contributed by atoms with E-state index in [4.69, 9.17) is 0 Å². The molecule has 0 fully saturated rings. The Balaban J connectivity index is 2.04. The third-order valence-electron chi connectivity index (χ3n) is 3.07. The molecule has 4 heteroatoms. The largest absolute Gasteiger partial charge is 0.236 e. The molecule has 20 heavy (non-hydrogen) atoms. The fourth-order valence-electron chi connectivity index (χ4n) is 2.06. The average Bonchev–Trinajstić information content (AvgIpc) is 2.88. The van der Waals surface area contributed by atoms with Crippen LogP contribution in [0.25, 0.3) is 21.8 Å². The van der Waals surface area contributed by atoms with Crippen LogP contribution in [0.5, 0.6) is 0 Å². The molecule has 0 radical (unpaired) electrons. The van der Waals surface area contributed by atoms with Crippen molar-refractivity contribution < 1.29 is 4.39 Å². The lowest BCUT2D eigenvalue weighted by Gasteiger charge is -2.02. The lowest BCUT2D eigenvalue weighted by molar-refractivity contribution is 0.627. The predicted octanol–water partition coefficient (Wildman–Crippen LogP) is 5.69. The van der Waals surface area contributed by atoms with E-state index in [2.05, 4.69) is 20.9 Å². The van der Waals surface area contributed by atoms with E-state index in [0.29, 0.717) is 0 Å². The predicted molar refractivity (Wildman–Crippen MR) is 85.4 cm³/mol. The molecule has 1 heterocycles.